The maximum Gasteiger partial charge on any atom is 0.131 e. The summed E-state index contributed by atoms with van der Waals surface area (Å²) in [6, 6.07) is 17.6. The molecule has 2 aliphatic heterocycles. The van der Waals surface area contributed by atoms with Crippen LogP contribution in [0.25, 0.3) is 5.57 Å². The Kier molecular flexibility index (Phi) is 7.40. The van der Waals surface area contributed by atoms with E-state index in [0.717, 1.165) is 65.3 Å². The van der Waals surface area contributed by atoms with Gasteiger partial charge in [-0.25, -0.2) is 0 Å². The lowest BCUT2D eigenvalue weighted by molar-refractivity contribution is -0.112. The zero-order valence-corrected chi connectivity index (χ0v) is 23.4. The fraction of sp³-hybridized carbons (Fsp3) is 0.406. The van der Waals surface area contributed by atoms with E-state index in [1.165, 1.54) is 0 Å². The Morgan fingerprint density at radius 2 is 1.79 bits per heavy atom. The Hall–Kier alpha value is -2.70. The highest BCUT2D eigenvalue weighted by Crippen LogP contribution is 2.42. The average Bonchev–Trinajstić information content (AvgIpc) is 3.04. The van der Waals surface area contributed by atoms with Gasteiger partial charge in [0, 0.05) is 53.8 Å². The van der Waals surface area contributed by atoms with Crippen LogP contribution in [-0.4, -0.2) is 39.7 Å². The molecule has 1 saturated heterocycles. The predicted octanol–water partition coefficient (Wildman–Crippen LogP) is 6.15. The molecule has 0 radical (unpaired) electrons. The van der Waals surface area contributed by atoms with Gasteiger partial charge >= 0.3 is 0 Å². The van der Waals surface area contributed by atoms with Crippen molar-refractivity contribution in [3.63, 3.8) is 0 Å². The third-order valence-corrected chi connectivity index (χ3v) is 8.44. The van der Waals surface area contributed by atoms with Crippen LogP contribution >= 0.6 is 11.6 Å². The van der Waals surface area contributed by atoms with Crippen LogP contribution in [0.4, 0.5) is 0 Å². The smallest absolute Gasteiger partial charge is 0.131 e. The summed E-state index contributed by atoms with van der Waals surface area (Å²) in [7, 11) is 0. The fourth-order valence-corrected chi connectivity index (χ4v) is 6.16. The number of piperidine rings is 1. The summed E-state index contributed by atoms with van der Waals surface area (Å²) in [5.41, 5.74) is 3.99. The van der Waals surface area contributed by atoms with Gasteiger partial charge in [0.15, 0.2) is 0 Å². The maximum absolute atomic E-state index is 11.7. The van der Waals surface area contributed by atoms with Crippen molar-refractivity contribution in [2.75, 3.05) is 19.6 Å². The molecule has 5 nitrogen and oxygen atoms in total. The highest BCUT2D eigenvalue weighted by atomic mass is 35.5. The van der Waals surface area contributed by atoms with E-state index >= 15 is 0 Å². The number of likely N-dealkylation sites (tertiary alicyclic amines) is 1. The monoisotopic (exact) mass is 532 g/mol. The number of aliphatic hydroxyl groups is 2. The van der Waals surface area contributed by atoms with Crippen LogP contribution in [0.5, 0.6) is 5.75 Å². The molecule has 2 N–H and O–H groups in total. The topological polar surface area (TPSA) is 65.8 Å². The predicted molar refractivity (Wildman–Crippen MR) is 152 cm³/mol. The number of nitrogens with zero attached hydrogens (tertiary/aromatic N) is 2. The third kappa shape index (κ3) is 5.13. The van der Waals surface area contributed by atoms with E-state index in [-0.39, 0.29) is 11.8 Å². The number of ether oxygens (including phenoxy) is 1. The Bertz CT molecular complexity index is 1320. The normalized spacial score (nSPS) is 24.9. The summed E-state index contributed by atoms with van der Waals surface area (Å²) in [6.07, 6.45) is 4.92. The molecule has 3 heterocycles. The first-order valence-corrected chi connectivity index (χ1v) is 13.8. The van der Waals surface area contributed by atoms with E-state index in [1.807, 2.05) is 48.5 Å². The number of hydrogen-bond acceptors (Lipinski definition) is 5. The van der Waals surface area contributed by atoms with E-state index in [0.29, 0.717) is 11.6 Å². The third-order valence-electron chi connectivity index (χ3n) is 8.19. The first-order valence-electron chi connectivity index (χ1n) is 13.4. The van der Waals surface area contributed by atoms with E-state index in [9.17, 15) is 10.2 Å². The molecule has 2 aromatic carbocycles. The quantitative estimate of drug-likeness (QED) is 0.412. The van der Waals surface area contributed by atoms with Gasteiger partial charge in [-0.1, -0.05) is 55.8 Å². The lowest BCUT2D eigenvalue weighted by atomic mass is 9.71. The van der Waals surface area contributed by atoms with Crippen molar-refractivity contribution in [1.82, 2.24) is 9.88 Å². The molecule has 0 aliphatic carbocycles. The summed E-state index contributed by atoms with van der Waals surface area (Å²) < 4.78 is 6.14. The summed E-state index contributed by atoms with van der Waals surface area (Å²) in [5.74, 6) is 0.952. The lowest BCUT2D eigenvalue weighted by Gasteiger charge is -2.48. The van der Waals surface area contributed by atoms with Gasteiger partial charge in [-0.05, 0) is 67.3 Å². The Morgan fingerprint density at radius 3 is 2.47 bits per heavy atom. The van der Waals surface area contributed by atoms with Crippen LogP contribution in [0.2, 0.25) is 5.02 Å². The number of halogens is 1. The van der Waals surface area contributed by atoms with Crippen LogP contribution in [0, 0.1) is 11.8 Å². The molecular formula is C32H37ClN2O3. The first-order chi connectivity index (χ1) is 18.1. The molecule has 1 fully saturated rings. The molecule has 0 spiro atoms. The van der Waals surface area contributed by atoms with Gasteiger partial charge in [0.2, 0.25) is 0 Å². The highest BCUT2D eigenvalue weighted by Gasteiger charge is 2.45. The first kappa shape index (κ1) is 26.9. The van der Waals surface area contributed by atoms with Crippen molar-refractivity contribution in [2.45, 2.75) is 51.9 Å². The van der Waals surface area contributed by atoms with E-state index in [1.54, 1.807) is 20.0 Å². The number of hydrogen-bond donors (Lipinski definition) is 2. The number of aromatic nitrogens is 1. The van der Waals surface area contributed by atoms with Gasteiger partial charge in [-0.15, -0.1) is 0 Å². The van der Waals surface area contributed by atoms with E-state index in [2.05, 4.69) is 35.9 Å². The number of pyridine rings is 1. The minimum atomic E-state index is -0.953. The molecule has 200 valence electrons. The molecule has 2 aliphatic rings. The van der Waals surface area contributed by atoms with Gasteiger partial charge in [0.25, 0.3) is 0 Å². The molecule has 0 bridgehead atoms. The SMILES string of the molecule is CC1CN(CC/C=C2\c3cc(C(C)(C)O)ccc3OCc3ncccc32)CC(C)C1(O)c1ccc(Cl)cc1. The largest absolute Gasteiger partial charge is 0.487 e. The zero-order valence-electron chi connectivity index (χ0n) is 22.6. The van der Waals surface area contributed by atoms with Crippen molar-refractivity contribution in [2.24, 2.45) is 11.8 Å². The van der Waals surface area contributed by atoms with Gasteiger partial charge < -0.3 is 19.8 Å². The highest BCUT2D eigenvalue weighted by molar-refractivity contribution is 6.30. The number of rotatable bonds is 5. The molecule has 3 aromatic rings. The standard InChI is InChI=1S/C32H37ClN2O3/c1-21-18-35(19-22(2)32(21,37)23-9-12-25(33)13-10-23)16-6-8-26-27-7-5-15-34-29(27)20-38-30-14-11-24(17-28(26)30)31(3,4)36/h5,7-15,17,21-22,36-37H,6,16,18-20H2,1-4H3/b26-8-. The number of fused-ring (bicyclic) bond motifs is 2. The maximum atomic E-state index is 11.7. The van der Waals surface area contributed by atoms with Crippen LogP contribution in [0.1, 0.15) is 62.1 Å². The molecule has 2 atom stereocenters. The summed E-state index contributed by atoms with van der Waals surface area (Å²) in [6.45, 7) is 10.8. The molecular weight excluding hydrogens is 496 g/mol. The average molecular weight is 533 g/mol. The van der Waals surface area contributed by atoms with Gasteiger partial charge in [0.05, 0.1) is 16.9 Å². The Balaban J connectivity index is 1.39. The van der Waals surface area contributed by atoms with Crippen LogP contribution < -0.4 is 4.74 Å². The van der Waals surface area contributed by atoms with Crippen LogP contribution in [0.3, 0.4) is 0 Å². The van der Waals surface area contributed by atoms with Gasteiger partial charge in [-0.2, -0.15) is 0 Å². The van der Waals surface area contributed by atoms with Crippen molar-refractivity contribution in [1.29, 1.82) is 0 Å². The molecule has 5 rings (SSSR count). The second-order valence-electron chi connectivity index (χ2n) is 11.4. The van der Waals surface area contributed by atoms with Crippen LogP contribution in [0.15, 0.2) is 66.9 Å². The Morgan fingerprint density at radius 1 is 1.08 bits per heavy atom. The summed E-state index contributed by atoms with van der Waals surface area (Å²) in [4.78, 5) is 7.04. The number of benzene rings is 2. The molecule has 0 saturated carbocycles. The van der Waals surface area contributed by atoms with E-state index < -0.39 is 11.2 Å². The molecule has 38 heavy (non-hydrogen) atoms. The summed E-state index contributed by atoms with van der Waals surface area (Å²) in [5, 5.41) is 23.1. The second-order valence-corrected chi connectivity index (χ2v) is 11.8. The minimum absolute atomic E-state index is 0.0753. The zero-order chi connectivity index (χ0) is 27.1. The van der Waals surface area contributed by atoms with Gasteiger partial charge in [-0.3, -0.25) is 4.98 Å². The van der Waals surface area contributed by atoms with Gasteiger partial charge in [0.1, 0.15) is 12.4 Å². The van der Waals surface area contributed by atoms with Crippen molar-refractivity contribution in [3.05, 3.63) is 99.8 Å². The van der Waals surface area contributed by atoms with Crippen LogP contribution in [-0.2, 0) is 17.8 Å². The minimum Gasteiger partial charge on any atom is -0.487 e. The molecule has 0 amide bonds. The Labute approximate surface area is 230 Å². The van der Waals surface area contributed by atoms with Crippen molar-refractivity contribution < 1.29 is 14.9 Å². The second kappa shape index (κ2) is 10.5. The molecule has 6 heteroatoms. The summed E-state index contributed by atoms with van der Waals surface area (Å²) >= 11 is 6.10. The van der Waals surface area contributed by atoms with Crippen molar-refractivity contribution >= 4 is 17.2 Å². The lowest BCUT2D eigenvalue weighted by Crippen LogP contribution is -2.54. The fourth-order valence-electron chi connectivity index (χ4n) is 6.03. The van der Waals surface area contributed by atoms with E-state index in [4.69, 9.17) is 16.3 Å². The van der Waals surface area contributed by atoms with Crippen molar-refractivity contribution in [3.8, 4) is 5.75 Å². The molecule has 2 unspecified atom stereocenters. The molecule has 1 aromatic heterocycles.